The zero-order valence-corrected chi connectivity index (χ0v) is 9.66. The van der Waals surface area contributed by atoms with Gasteiger partial charge in [-0.05, 0) is 38.8 Å². The van der Waals surface area contributed by atoms with E-state index >= 15 is 0 Å². The van der Waals surface area contributed by atoms with Crippen molar-refractivity contribution in [2.24, 2.45) is 0 Å². The molecule has 0 saturated heterocycles. The first-order valence-corrected chi connectivity index (χ1v) is 4.75. The van der Waals surface area contributed by atoms with Gasteiger partial charge in [-0.1, -0.05) is 17.7 Å². The van der Waals surface area contributed by atoms with Crippen LogP contribution in [0.25, 0.3) is 0 Å². The van der Waals surface area contributed by atoms with Crippen LogP contribution >= 0.6 is 0 Å². The minimum absolute atomic E-state index is 0.190. The molecule has 0 aliphatic heterocycles. The SMILES string of the molecule is CC(=O)CO.Cc1cc(C)c(O)c(C)c1. The number of ketones is 1. The van der Waals surface area contributed by atoms with Crippen LogP contribution in [0.5, 0.6) is 5.75 Å². The summed E-state index contributed by atoms with van der Waals surface area (Å²) in [4.78, 5) is 9.56. The highest BCUT2D eigenvalue weighted by Crippen LogP contribution is 2.21. The van der Waals surface area contributed by atoms with Gasteiger partial charge in [0.2, 0.25) is 0 Å². The molecule has 0 saturated carbocycles. The molecular weight excluding hydrogens is 192 g/mol. The van der Waals surface area contributed by atoms with Gasteiger partial charge < -0.3 is 10.2 Å². The lowest BCUT2D eigenvalue weighted by Gasteiger charge is -2.03. The van der Waals surface area contributed by atoms with Crippen LogP contribution in [0.4, 0.5) is 0 Å². The fraction of sp³-hybridized carbons (Fsp3) is 0.417. The Bertz CT molecular complexity index is 320. The summed E-state index contributed by atoms with van der Waals surface area (Å²) in [5.74, 6) is 0.232. The van der Waals surface area contributed by atoms with Crippen LogP contribution < -0.4 is 0 Å². The minimum atomic E-state index is -0.333. The first-order chi connectivity index (χ1) is 6.88. The molecule has 3 heteroatoms. The molecule has 0 atom stereocenters. The van der Waals surface area contributed by atoms with Crippen molar-refractivity contribution in [3.63, 3.8) is 0 Å². The molecule has 15 heavy (non-hydrogen) atoms. The van der Waals surface area contributed by atoms with Gasteiger partial charge in [-0.25, -0.2) is 0 Å². The number of hydrogen-bond donors (Lipinski definition) is 2. The molecule has 0 radical (unpaired) electrons. The summed E-state index contributed by atoms with van der Waals surface area (Å²) in [6.45, 7) is 6.85. The van der Waals surface area contributed by atoms with Gasteiger partial charge in [0.05, 0.1) is 0 Å². The number of aryl methyl sites for hydroxylation is 3. The molecule has 1 rings (SSSR count). The Balaban J connectivity index is 0.000000336. The molecular formula is C12H18O3. The molecule has 0 amide bonds. The predicted octanol–water partition coefficient (Wildman–Crippen LogP) is 1.89. The first kappa shape index (κ1) is 13.7. The number of Topliss-reactive ketones (excluding diaryl/α,β-unsaturated/α-hetero) is 1. The Labute approximate surface area is 90.4 Å². The summed E-state index contributed by atoms with van der Waals surface area (Å²) in [6, 6.07) is 3.95. The van der Waals surface area contributed by atoms with E-state index in [1.54, 1.807) is 0 Å². The van der Waals surface area contributed by atoms with E-state index < -0.39 is 0 Å². The maximum absolute atomic E-state index is 9.56. The Morgan fingerprint density at radius 2 is 1.53 bits per heavy atom. The van der Waals surface area contributed by atoms with E-state index in [9.17, 15) is 9.90 Å². The zero-order chi connectivity index (χ0) is 12.0. The third-order valence-corrected chi connectivity index (χ3v) is 1.86. The van der Waals surface area contributed by atoms with Crippen LogP contribution in [-0.2, 0) is 4.79 Å². The Kier molecular flexibility index (Phi) is 5.64. The summed E-state index contributed by atoms with van der Waals surface area (Å²) in [5, 5.41) is 17.1. The van der Waals surface area contributed by atoms with E-state index in [4.69, 9.17) is 5.11 Å². The van der Waals surface area contributed by atoms with E-state index in [0.717, 1.165) is 11.1 Å². The molecule has 0 aromatic heterocycles. The van der Waals surface area contributed by atoms with Crippen molar-refractivity contribution < 1.29 is 15.0 Å². The fourth-order valence-electron chi connectivity index (χ4n) is 1.17. The van der Waals surface area contributed by atoms with Crippen LogP contribution in [0, 0.1) is 20.8 Å². The number of aromatic hydroxyl groups is 1. The molecule has 0 unspecified atom stereocenters. The van der Waals surface area contributed by atoms with Gasteiger partial charge in [0, 0.05) is 0 Å². The van der Waals surface area contributed by atoms with Crippen molar-refractivity contribution >= 4 is 5.78 Å². The molecule has 2 N–H and O–H groups in total. The van der Waals surface area contributed by atoms with E-state index in [-0.39, 0.29) is 12.4 Å². The van der Waals surface area contributed by atoms with Gasteiger partial charge in [-0.15, -0.1) is 0 Å². The maximum atomic E-state index is 9.56. The first-order valence-electron chi connectivity index (χ1n) is 4.75. The average Bonchev–Trinajstić information content (AvgIpc) is 2.15. The van der Waals surface area contributed by atoms with Crippen molar-refractivity contribution in [1.29, 1.82) is 0 Å². The monoisotopic (exact) mass is 210 g/mol. The molecule has 1 aromatic rings. The van der Waals surface area contributed by atoms with E-state index in [1.165, 1.54) is 12.5 Å². The quantitative estimate of drug-likeness (QED) is 0.744. The predicted molar refractivity (Wildman–Crippen MR) is 60.1 cm³/mol. The number of carbonyl (C=O) groups is 1. The number of carbonyl (C=O) groups excluding carboxylic acids is 1. The molecule has 0 aliphatic carbocycles. The van der Waals surface area contributed by atoms with Crippen molar-refractivity contribution in [3.05, 3.63) is 28.8 Å². The summed E-state index contributed by atoms with van der Waals surface area (Å²) >= 11 is 0. The number of phenols is 1. The highest BCUT2D eigenvalue weighted by Gasteiger charge is 1.98. The largest absolute Gasteiger partial charge is 0.507 e. The van der Waals surface area contributed by atoms with Crippen LogP contribution in [0.3, 0.4) is 0 Å². The second-order valence-electron chi connectivity index (χ2n) is 3.61. The fourth-order valence-corrected chi connectivity index (χ4v) is 1.17. The van der Waals surface area contributed by atoms with Gasteiger partial charge in [-0.2, -0.15) is 0 Å². The van der Waals surface area contributed by atoms with Crippen LogP contribution in [0.15, 0.2) is 12.1 Å². The zero-order valence-electron chi connectivity index (χ0n) is 9.66. The molecule has 1 aromatic carbocycles. The third-order valence-electron chi connectivity index (χ3n) is 1.86. The third kappa shape index (κ3) is 5.18. The molecule has 84 valence electrons. The van der Waals surface area contributed by atoms with Crippen LogP contribution in [0.2, 0.25) is 0 Å². The minimum Gasteiger partial charge on any atom is -0.507 e. The van der Waals surface area contributed by atoms with Gasteiger partial charge >= 0.3 is 0 Å². The number of aliphatic hydroxyl groups is 1. The summed E-state index contributed by atoms with van der Waals surface area (Å²) in [5.41, 5.74) is 3.11. The van der Waals surface area contributed by atoms with Crippen LogP contribution in [-0.4, -0.2) is 22.6 Å². The Morgan fingerprint density at radius 1 is 1.20 bits per heavy atom. The summed E-state index contributed by atoms with van der Waals surface area (Å²) in [6.07, 6.45) is 0. The Morgan fingerprint density at radius 3 is 1.80 bits per heavy atom. The smallest absolute Gasteiger partial charge is 0.155 e. The molecule has 3 nitrogen and oxygen atoms in total. The number of phenolic OH excluding ortho intramolecular Hbond substituents is 1. The highest BCUT2D eigenvalue weighted by molar-refractivity contribution is 5.76. The second kappa shape index (κ2) is 6.19. The second-order valence-corrected chi connectivity index (χ2v) is 3.61. The summed E-state index contributed by atoms with van der Waals surface area (Å²) < 4.78 is 0. The maximum Gasteiger partial charge on any atom is 0.155 e. The number of rotatable bonds is 1. The van der Waals surface area contributed by atoms with Crippen molar-refractivity contribution in [2.45, 2.75) is 27.7 Å². The highest BCUT2D eigenvalue weighted by atomic mass is 16.3. The number of benzene rings is 1. The molecule has 0 bridgehead atoms. The van der Waals surface area contributed by atoms with E-state index in [1.807, 2.05) is 32.9 Å². The summed E-state index contributed by atoms with van der Waals surface area (Å²) in [7, 11) is 0. The number of hydrogen-bond acceptors (Lipinski definition) is 3. The lowest BCUT2D eigenvalue weighted by Crippen LogP contribution is -1.93. The molecule has 0 spiro atoms. The van der Waals surface area contributed by atoms with Crippen LogP contribution in [0.1, 0.15) is 23.6 Å². The van der Waals surface area contributed by atoms with Gasteiger partial charge in [0.15, 0.2) is 5.78 Å². The lowest BCUT2D eigenvalue weighted by molar-refractivity contribution is -0.119. The van der Waals surface area contributed by atoms with Crippen molar-refractivity contribution in [3.8, 4) is 5.75 Å². The topological polar surface area (TPSA) is 57.5 Å². The van der Waals surface area contributed by atoms with Gasteiger partial charge in [0.1, 0.15) is 12.4 Å². The van der Waals surface area contributed by atoms with Crippen molar-refractivity contribution in [2.75, 3.05) is 6.61 Å². The Hall–Kier alpha value is -1.35. The normalized spacial score (nSPS) is 9.13. The number of aliphatic hydroxyl groups excluding tert-OH is 1. The molecule has 0 heterocycles. The van der Waals surface area contributed by atoms with E-state index in [2.05, 4.69) is 0 Å². The van der Waals surface area contributed by atoms with Gasteiger partial charge in [0.25, 0.3) is 0 Å². The van der Waals surface area contributed by atoms with E-state index in [0.29, 0.717) is 5.75 Å². The molecule has 0 aliphatic rings. The average molecular weight is 210 g/mol. The lowest BCUT2D eigenvalue weighted by atomic mass is 10.1. The van der Waals surface area contributed by atoms with Gasteiger partial charge in [-0.3, -0.25) is 4.79 Å². The standard InChI is InChI=1S/C9H12O.C3H6O2/c1-6-4-7(2)9(10)8(3)5-6;1-3(5)2-4/h4-5,10H,1-3H3;4H,2H2,1H3. The van der Waals surface area contributed by atoms with Crippen molar-refractivity contribution in [1.82, 2.24) is 0 Å². The molecule has 0 fully saturated rings.